The number of hydrogen-bond acceptors (Lipinski definition) is 6. The lowest BCUT2D eigenvalue weighted by atomic mass is 9.93. The van der Waals surface area contributed by atoms with Crippen LogP contribution in [0, 0.1) is 21.8 Å². The van der Waals surface area contributed by atoms with E-state index in [9.17, 15) is 19.3 Å². The van der Waals surface area contributed by atoms with Crippen LogP contribution in [-0.2, 0) is 11.8 Å². The number of amides is 1. The SMILES string of the molecule is COc1cc(F)c([N+](=O)[O-])c(NC[C@@H]2CC(=O)N(C(C)(C)C)[C@H]2c2cnn(C)c2)c1. The second-order valence-corrected chi connectivity index (χ2v) is 8.43. The van der Waals surface area contributed by atoms with Crippen LogP contribution in [0.25, 0.3) is 0 Å². The van der Waals surface area contributed by atoms with Crippen molar-refractivity contribution in [1.29, 1.82) is 0 Å². The number of nitro groups is 1. The molecule has 0 spiro atoms. The Balaban J connectivity index is 1.93. The van der Waals surface area contributed by atoms with E-state index in [0.717, 1.165) is 11.6 Å². The lowest BCUT2D eigenvalue weighted by Crippen LogP contribution is -2.44. The Morgan fingerprint density at radius 3 is 2.63 bits per heavy atom. The van der Waals surface area contributed by atoms with E-state index in [2.05, 4.69) is 10.4 Å². The van der Waals surface area contributed by atoms with Gasteiger partial charge in [0.25, 0.3) is 0 Å². The van der Waals surface area contributed by atoms with E-state index in [-0.39, 0.29) is 42.3 Å². The van der Waals surface area contributed by atoms with Crippen molar-refractivity contribution in [3.63, 3.8) is 0 Å². The number of aromatic nitrogens is 2. The van der Waals surface area contributed by atoms with Gasteiger partial charge in [0, 0.05) is 55.4 Å². The summed E-state index contributed by atoms with van der Waals surface area (Å²) in [6.07, 6.45) is 3.86. The van der Waals surface area contributed by atoms with Crippen LogP contribution >= 0.6 is 0 Å². The number of aryl methyl sites for hydroxylation is 1. The lowest BCUT2D eigenvalue weighted by molar-refractivity contribution is -0.386. The molecule has 1 N–H and O–H groups in total. The number of ether oxygens (including phenoxy) is 1. The van der Waals surface area contributed by atoms with Crippen LogP contribution < -0.4 is 10.1 Å². The average molecular weight is 419 g/mol. The summed E-state index contributed by atoms with van der Waals surface area (Å²) in [5.41, 5.74) is -0.161. The van der Waals surface area contributed by atoms with E-state index in [1.165, 1.54) is 13.2 Å². The quantitative estimate of drug-likeness (QED) is 0.569. The van der Waals surface area contributed by atoms with Crippen LogP contribution in [0.2, 0.25) is 0 Å². The maximum Gasteiger partial charge on any atom is 0.327 e. The molecule has 0 radical (unpaired) electrons. The molecule has 1 fully saturated rings. The molecule has 10 heteroatoms. The van der Waals surface area contributed by atoms with Gasteiger partial charge in [0.05, 0.1) is 24.3 Å². The van der Waals surface area contributed by atoms with Gasteiger partial charge in [-0.1, -0.05) is 0 Å². The third kappa shape index (κ3) is 4.07. The molecule has 3 rings (SSSR count). The number of anilines is 1. The van der Waals surface area contributed by atoms with Crippen molar-refractivity contribution in [3.8, 4) is 5.75 Å². The van der Waals surface area contributed by atoms with Crippen molar-refractivity contribution in [2.24, 2.45) is 13.0 Å². The zero-order valence-corrected chi connectivity index (χ0v) is 17.7. The summed E-state index contributed by atoms with van der Waals surface area (Å²) in [6, 6.07) is 2.11. The Labute approximate surface area is 174 Å². The molecule has 2 aromatic rings. The molecule has 2 atom stereocenters. The fraction of sp³-hybridized carbons (Fsp3) is 0.500. The smallest absolute Gasteiger partial charge is 0.327 e. The van der Waals surface area contributed by atoms with Gasteiger partial charge in [0.2, 0.25) is 11.7 Å². The zero-order valence-electron chi connectivity index (χ0n) is 17.7. The number of benzene rings is 1. The van der Waals surface area contributed by atoms with Crippen LogP contribution in [0.3, 0.4) is 0 Å². The molecule has 1 saturated heterocycles. The number of halogens is 1. The molecule has 1 aromatic carbocycles. The Bertz CT molecular complexity index is 969. The van der Waals surface area contributed by atoms with Gasteiger partial charge >= 0.3 is 5.69 Å². The molecule has 1 aliphatic rings. The van der Waals surface area contributed by atoms with Crippen molar-refractivity contribution in [2.45, 2.75) is 38.8 Å². The van der Waals surface area contributed by atoms with Gasteiger partial charge in [-0.3, -0.25) is 19.6 Å². The molecule has 0 unspecified atom stereocenters. The monoisotopic (exact) mass is 419 g/mol. The van der Waals surface area contributed by atoms with Gasteiger partial charge in [-0.15, -0.1) is 0 Å². The van der Waals surface area contributed by atoms with Gasteiger partial charge in [-0.05, 0) is 20.8 Å². The van der Waals surface area contributed by atoms with Crippen LogP contribution in [0.4, 0.5) is 15.8 Å². The summed E-state index contributed by atoms with van der Waals surface area (Å²) in [5.74, 6) is -1.00. The largest absolute Gasteiger partial charge is 0.497 e. The molecule has 30 heavy (non-hydrogen) atoms. The highest BCUT2D eigenvalue weighted by atomic mass is 19.1. The number of nitrogens with one attached hydrogen (secondary N) is 1. The maximum atomic E-state index is 14.2. The molecular formula is C20H26FN5O4. The fourth-order valence-corrected chi connectivity index (χ4v) is 4.04. The number of methoxy groups -OCH3 is 1. The number of likely N-dealkylation sites (tertiary alicyclic amines) is 1. The second kappa shape index (κ2) is 7.92. The van der Waals surface area contributed by atoms with Crippen LogP contribution in [0.15, 0.2) is 24.5 Å². The molecule has 0 aliphatic carbocycles. The molecule has 0 bridgehead atoms. The summed E-state index contributed by atoms with van der Waals surface area (Å²) >= 11 is 0. The van der Waals surface area contributed by atoms with Crippen molar-refractivity contribution < 1.29 is 18.8 Å². The van der Waals surface area contributed by atoms with E-state index in [1.54, 1.807) is 17.9 Å². The van der Waals surface area contributed by atoms with Crippen LogP contribution in [0.1, 0.15) is 38.8 Å². The van der Waals surface area contributed by atoms with Crippen molar-refractivity contribution in [1.82, 2.24) is 14.7 Å². The highest BCUT2D eigenvalue weighted by molar-refractivity contribution is 5.80. The Morgan fingerprint density at radius 1 is 1.40 bits per heavy atom. The molecular weight excluding hydrogens is 393 g/mol. The van der Waals surface area contributed by atoms with E-state index in [4.69, 9.17) is 4.74 Å². The molecule has 162 valence electrons. The summed E-state index contributed by atoms with van der Waals surface area (Å²) in [5, 5.41) is 18.6. The molecule has 1 amide bonds. The topological polar surface area (TPSA) is 103 Å². The van der Waals surface area contributed by atoms with Crippen LogP contribution in [0.5, 0.6) is 5.75 Å². The zero-order chi connectivity index (χ0) is 22.2. The number of hydrogen-bond donors (Lipinski definition) is 1. The minimum Gasteiger partial charge on any atom is -0.497 e. The van der Waals surface area contributed by atoms with E-state index < -0.39 is 22.0 Å². The van der Waals surface area contributed by atoms with Crippen molar-refractivity contribution in [2.75, 3.05) is 19.0 Å². The number of carbonyl (C=O) groups excluding carboxylic acids is 1. The molecule has 2 heterocycles. The van der Waals surface area contributed by atoms with E-state index >= 15 is 0 Å². The first-order chi connectivity index (χ1) is 14.0. The van der Waals surface area contributed by atoms with Gasteiger partial charge < -0.3 is 15.0 Å². The van der Waals surface area contributed by atoms with Gasteiger partial charge in [-0.2, -0.15) is 9.49 Å². The third-order valence-electron chi connectivity index (χ3n) is 5.23. The first-order valence-electron chi connectivity index (χ1n) is 9.59. The number of nitro benzene ring substituents is 1. The maximum absolute atomic E-state index is 14.2. The standard InChI is InChI=1S/C20H26FN5O4/c1-20(2,3)25-17(27)6-12(18(25)13-10-23-24(4)11-13)9-22-16-8-14(30-5)7-15(21)19(16)26(28)29/h7-8,10-12,18,22H,6,9H2,1-5H3/t12-,18+/m0/s1. The predicted molar refractivity (Wildman–Crippen MR) is 109 cm³/mol. The summed E-state index contributed by atoms with van der Waals surface area (Å²) in [6.45, 7) is 6.14. The Hall–Kier alpha value is -3.17. The normalized spacial score (nSPS) is 19.3. The number of nitrogens with zero attached hydrogens (tertiary/aromatic N) is 4. The molecule has 0 saturated carbocycles. The fourth-order valence-electron chi connectivity index (χ4n) is 4.04. The number of carbonyl (C=O) groups is 1. The summed E-state index contributed by atoms with van der Waals surface area (Å²) < 4.78 is 20.9. The van der Waals surface area contributed by atoms with Gasteiger partial charge in [-0.25, -0.2) is 0 Å². The summed E-state index contributed by atoms with van der Waals surface area (Å²) in [7, 11) is 3.16. The van der Waals surface area contributed by atoms with Crippen LogP contribution in [-0.4, -0.2) is 44.7 Å². The highest BCUT2D eigenvalue weighted by Crippen LogP contribution is 2.43. The lowest BCUT2D eigenvalue weighted by Gasteiger charge is -2.38. The van der Waals surface area contributed by atoms with Crippen molar-refractivity contribution in [3.05, 3.63) is 46.0 Å². The Kier molecular flexibility index (Phi) is 5.69. The molecule has 1 aliphatic heterocycles. The highest BCUT2D eigenvalue weighted by Gasteiger charge is 2.45. The second-order valence-electron chi connectivity index (χ2n) is 8.43. The Morgan fingerprint density at radius 2 is 2.10 bits per heavy atom. The summed E-state index contributed by atoms with van der Waals surface area (Å²) in [4.78, 5) is 25.3. The molecule has 9 nitrogen and oxygen atoms in total. The van der Waals surface area contributed by atoms with E-state index in [1.807, 2.05) is 31.9 Å². The number of rotatable bonds is 6. The third-order valence-corrected chi connectivity index (χ3v) is 5.23. The first-order valence-corrected chi connectivity index (χ1v) is 9.59. The average Bonchev–Trinajstić information content (AvgIpc) is 3.21. The molecule has 1 aromatic heterocycles. The minimum atomic E-state index is -0.982. The predicted octanol–water partition coefficient (Wildman–Crippen LogP) is 3.28. The minimum absolute atomic E-state index is 0.00512. The van der Waals surface area contributed by atoms with Gasteiger partial charge in [0.1, 0.15) is 11.4 Å². The van der Waals surface area contributed by atoms with E-state index in [0.29, 0.717) is 0 Å². The van der Waals surface area contributed by atoms with Gasteiger partial charge in [0.15, 0.2) is 0 Å². The van der Waals surface area contributed by atoms with Crippen molar-refractivity contribution >= 4 is 17.3 Å². The first kappa shape index (κ1) is 21.5.